The molecule has 0 aliphatic carbocycles. The number of hydrogen-bond acceptors (Lipinski definition) is 5. The van der Waals surface area contributed by atoms with Crippen LogP contribution in [-0.2, 0) is 11.3 Å². The van der Waals surface area contributed by atoms with E-state index in [0.29, 0.717) is 23.0 Å². The number of nitrogens with one attached hydrogen (secondary N) is 1. The molecule has 150 valence electrons. The maximum Gasteiger partial charge on any atom is 0.340 e. The van der Waals surface area contributed by atoms with Crippen molar-refractivity contribution in [2.24, 2.45) is 0 Å². The molecule has 0 aliphatic heterocycles. The van der Waals surface area contributed by atoms with Crippen molar-refractivity contribution in [1.82, 2.24) is 4.90 Å². The van der Waals surface area contributed by atoms with Gasteiger partial charge in [0.05, 0.1) is 25.5 Å². The second-order valence-electron chi connectivity index (χ2n) is 6.71. The summed E-state index contributed by atoms with van der Waals surface area (Å²) in [6.45, 7) is 8.27. The van der Waals surface area contributed by atoms with E-state index in [1.807, 2.05) is 12.1 Å². The molecule has 28 heavy (non-hydrogen) atoms. The highest BCUT2D eigenvalue weighted by atomic mass is 16.5. The Labute approximate surface area is 166 Å². The van der Waals surface area contributed by atoms with E-state index in [-0.39, 0.29) is 11.5 Å². The van der Waals surface area contributed by atoms with Crippen LogP contribution in [0.15, 0.2) is 42.5 Å². The first-order valence-corrected chi connectivity index (χ1v) is 9.30. The van der Waals surface area contributed by atoms with Crippen molar-refractivity contribution in [3.63, 3.8) is 0 Å². The average Bonchev–Trinajstić information content (AvgIpc) is 2.71. The van der Waals surface area contributed by atoms with Crippen LogP contribution in [0, 0.1) is 0 Å². The lowest BCUT2D eigenvalue weighted by Gasteiger charge is -2.24. The SMILES string of the molecule is CCN(Cc1ccc(C(=O)Nc2ccc(OC)cc2C(=O)OC)cc1)C(C)C. The molecule has 0 radical (unpaired) electrons. The lowest BCUT2D eigenvalue weighted by Crippen LogP contribution is -2.29. The predicted molar refractivity (Wildman–Crippen MR) is 110 cm³/mol. The van der Waals surface area contributed by atoms with Gasteiger partial charge in [0.25, 0.3) is 5.91 Å². The van der Waals surface area contributed by atoms with Crippen molar-refractivity contribution in [2.75, 3.05) is 26.1 Å². The van der Waals surface area contributed by atoms with Gasteiger partial charge in [-0.3, -0.25) is 9.69 Å². The third kappa shape index (κ3) is 5.33. The van der Waals surface area contributed by atoms with Crippen LogP contribution in [0.2, 0.25) is 0 Å². The molecule has 0 bridgehead atoms. The lowest BCUT2D eigenvalue weighted by molar-refractivity contribution is 0.0601. The monoisotopic (exact) mass is 384 g/mol. The summed E-state index contributed by atoms with van der Waals surface area (Å²) in [6.07, 6.45) is 0. The number of esters is 1. The number of benzene rings is 2. The molecule has 2 rings (SSSR count). The first-order chi connectivity index (χ1) is 13.4. The number of amides is 1. The minimum Gasteiger partial charge on any atom is -0.497 e. The van der Waals surface area contributed by atoms with Crippen LogP contribution in [0.25, 0.3) is 0 Å². The molecule has 0 fully saturated rings. The number of nitrogens with zero attached hydrogens (tertiary/aromatic N) is 1. The number of hydrogen-bond donors (Lipinski definition) is 1. The Morgan fingerprint density at radius 2 is 1.75 bits per heavy atom. The Morgan fingerprint density at radius 1 is 1.07 bits per heavy atom. The van der Waals surface area contributed by atoms with E-state index >= 15 is 0 Å². The fourth-order valence-electron chi connectivity index (χ4n) is 2.89. The summed E-state index contributed by atoms with van der Waals surface area (Å²) in [5.41, 5.74) is 2.27. The van der Waals surface area contributed by atoms with E-state index in [4.69, 9.17) is 9.47 Å². The zero-order valence-electron chi connectivity index (χ0n) is 17.1. The molecule has 0 spiro atoms. The van der Waals surface area contributed by atoms with Gasteiger partial charge in [0.15, 0.2) is 0 Å². The molecule has 0 saturated heterocycles. The zero-order chi connectivity index (χ0) is 20.7. The van der Waals surface area contributed by atoms with Gasteiger partial charge < -0.3 is 14.8 Å². The van der Waals surface area contributed by atoms with Gasteiger partial charge in [-0.2, -0.15) is 0 Å². The molecule has 0 unspecified atom stereocenters. The van der Waals surface area contributed by atoms with E-state index in [1.54, 1.807) is 24.3 Å². The summed E-state index contributed by atoms with van der Waals surface area (Å²) in [7, 11) is 2.80. The van der Waals surface area contributed by atoms with Crippen LogP contribution in [0.3, 0.4) is 0 Å². The van der Waals surface area contributed by atoms with Gasteiger partial charge in [-0.05, 0) is 56.3 Å². The Balaban J connectivity index is 2.16. The maximum atomic E-state index is 12.6. The van der Waals surface area contributed by atoms with E-state index in [2.05, 4.69) is 31.0 Å². The van der Waals surface area contributed by atoms with Crippen molar-refractivity contribution in [3.8, 4) is 5.75 Å². The highest BCUT2D eigenvalue weighted by molar-refractivity contribution is 6.08. The second kappa shape index (κ2) is 9.90. The summed E-state index contributed by atoms with van der Waals surface area (Å²) in [5.74, 6) is -0.329. The topological polar surface area (TPSA) is 67.9 Å². The van der Waals surface area contributed by atoms with Crippen LogP contribution in [0.5, 0.6) is 5.75 Å². The van der Waals surface area contributed by atoms with Gasteiger partial charge in [-0.1, -0.05) is 19.1 Å². The molecular weight excluding hydrogens is 356 g/mol. The quantitative estimate of drug-likeness (QED) is 0.698. The fourth-order valence-corrected chi connectivity index (χ4v) is 2.89. The Bertz CT molecular complexity index is 816. The fraction of sp³-hybridized carbons (Fsp3) is 0.364. The van der Waals surface area contributed by atoms with Crippen molar-refractivity contribution in [1.29, 1.82) is 0 Å². The first kappa shape index (κ1) is 21.4. The van der Waals surface area contributed by atoms with Gasteiger partial charge in [-0.15, -0.1) is 0 Å². The number of methoxy groups -OCH3 is 2. The van der Waals surface area contributed by atoms with Crippen LogP contribution >= 0.6 is 0 Å². The lowest BCUT2D eigenvalue weighted by atomic mass is 10.1. The minimum absolute atomic E-state index is 0.238. The van der Waals surface area contributed by atoms with Gasteiger partial charge in [-0.25, -0.2) is 4.79 Å². The van der Waals surface area contributed by atoms with E-state index in [9.17, 15) is 9.59 Å². The van der Waals surface area contributed by atoms with Crippen molar-refractivity contribution in [2.45, 2.75) is 33.4 Å². The average molecular weight is 384 g/mol. The summed E-state index contributed by atoms with van der Waals surface area (Å²) in [6, 6.07) is 12.8. The molecule has 1 N–H and O–H groups in total. The third-order valence-electron chi connectivity index (χ3n) is 4.62. The van der Waals surface area contributed by atoms with Gasteiger partial charge in [0, 0.05) is 18.2 Å². The highest BCUT2D eigenvalue weighted by Gasteiger charge is 2.16. The van der Waals surface area contributed by atoms with E-state index in [1.165, 1.54) is 20.3 Å². The number of rotatable bonds is 8. The van der Waals surface area contributed by atoms with Crippen LogP contribution in [-0.4, -0.2) is 43.6 Å². The van der Waals surface area contributed by atoms with Crippen LogP contribution in [0.4, 0.5) is 5.69 Å². The molecule has 0 aromatic heterocycles. The number of ether oxygens (including phenoxy) is 2. The summed E-state index contributed by atoms with van der Waals surface area (Å²) in [4.78, 5) is 27.0. The van der Waals surface area contributed by atoms with Crippen molar-refractivity contribution in [3.05, 3.63) is 59.2 Å². The second-order valence-corrected chi connectivity index (χ2v) is 6.71. The molecule has 6 nitrogen and oxygen atoms in total. The molecule has 2 aromatic rings. The largest absolute Gasteiger partial charge is 0.497 e. The van der Waals surface area contributed by atoms with Gasteiger partial charge >= 0.3 is 5.97 Å². The molecule has 0 aliphatic rings. The van der Waals surface area contributed by atoms with E-state index < -0.39 is 5.97 Å². The molecule has 1 amide bonds. The molecule has 0 saturated carbocycles. The van der Waals surface area contributed by atoms with Crippen molar-refractivity contribution >= 4 is 17.6 Å². The Hall–Kier alpha value is -2.86. The van der Waals surface area contributed by atoms with Crippen molar-refractivity contribution < 1.29 is 19.1 Å². The van der Waals surface area contributed by atoms with E-state index in [0.717, 1.165) is 18.7 Å². The van der Waals surface area contributed by atoms with Gasteiger partial charge in [0.2, 0.25) is 0 Å². The number of anilines is 1. The molecule has 6 heteroatoms. The molecular formula is C22H28N2O4. The third-order valence-corrected chi connectivity index (χ3v) is 4.62. The summed E-state index contributed by atoms with van der Waals surface area (Å²) >= 11 is 0. The highest BCUT2D eigenvalue weighted by Crippen LogP contribution is 2.23. The smallest absolute Gasteiger partial charge is 0.340 e. The molecule has 0 atom stereocenters. The van der Waals surface area contributed by atoms with Gasteiger partial charge in [0.1, 0.15) is 5.75 Å². The molecule has 2 aromatic carbocycles. The zero-order valence-corrected chi connectivity index (χ0v) is 17.1. The Kier molecular flexibility index (Phi) is 7.58. The van der Waals surface area contributed by atoms with Crippen LogP contribution in [0.1, 0.15) is 47.1 Å². The summed E-state index contributed by atoms with van der Waals surface area (Å²) < 4.78 is 9.94. The van der Waals surface area contributed by atoms with Crippen LogP contribution < -0.4 is 10.1 Å². The predicted octanol–water partition coefficient (Wildman–Crippen LogP) is 3.96. The minimum atomic E-state index is -0.544. The Morgan fingerprint density at radius 3 is 2.29 bits per heavy atom. The maximum absolute atomic E-state index is 12.6. The number of carbonyl (C=O) groups excluding carboxylic acids is 2. The number of carbonyl (C=O) groups is 2. The summed E-state index contributed by atoms with van der Waals surface area (Å²) in [5, 5.41) is 2.78. The first-order valence-electron chi connectivity index (χ1n) is 9.30. The standard InChI is InChI=1S/C22H28N2O4/c1-6-24(15(2)3)14-16-7-9-17(10-8-16)21(25)23-20-12-11-18(27-4)13-19(20)22(26)28-5/h7-13,15H,6,14H2,1-5H3,(H,23,25). The molecule has 0 heterocycles. The normalized spacial score (nSPS) is 10.8.